The number of benzene rings is 1. The lowest BCUT2D eigenvalue weighted by molar-refractivity contribution is 0.274. The summed E-state index contributed by atoms with van der Waals surface area (Å²) in [5.74, 6) is 0.307. The van der Waals surface area contributed by atoms with Gasteiger partial charge in [0.25, 0.3) is 0 Å². The molecule has 0 aliphatic heterocycles. The zero-order chi connectivity index (χ0) is 13.9. The molecule has 20 heavy (non-hydrogen) atoms. The van der Waals surface area contributed by atoms with Gasteiger partial charge in [-0.2, -0.15) is 0 Å². The quantitative estimate of drug-likeness (QED) is 0.899. The average molecular weight is 274 g/mol. The van der Waals surface area contributed by atoms with Crippen LogP contribution in [-0.4, -0.2) is 11.5 Å². The minimum Gasteiger partial charge on any atom is -0.408 e. The maximum atomic E-state index is 11.3. The Morgan fingerprint density at radius 1 is 1.35 bits per heavy atom. The van der Waals surface area contributed by atoms with Crippen LogP contribution >= 0.6 is 0 Å². The lowest BCUT2D eigenvalue weighted by atomic mass is 9.81. The number of aromatic nitrogens is 1. The Bertz CT molecular complexity index is 623. The van der Waals surface area contributed by atoms with Gasteiger partial charge in [0.05, 0.1) is 5.52 Å². The molecule has 0 amide bonds. The van der Waals surface area contributed by atoms with Crippen LogP contribution in [0, 0.1) is 5.92 Å². The summed E-state index contributed by atoms with van der Waals surface area (Å²) >= 11 is 0. The maximum Gasteiger partial charge on any atom is 0.417 e. The van der Waals surface area contributed by atoms with Gasteiger partial charge < -0.3 is 9.73 Å². The van der Waals surface area contributed by atoms with Gasteiger partial charge in [0.15, 0.2) is 5.58 Å². The predicted octanol–water partition coefficient (Wildman–Crippen LogP) is 3.35. The SMILES string of the molecule is CCNC(c1ccc2[nH]c(=O)oc2c1)C1CCCCC1. The summed E-state index contributed by atoms with van der Waals surface area (Å²) in [5, 5.41) is 3.61. The highest BCUT2D eigenvalue weighted by Crippen LogP contribution is 2.35. The van der Waals surface area contributed by atoms with E-state index in [4.69, 9.17) is 4.42 Å². The Hall–Kier alpha value is -1.55. The first-order valence-corrected chi connectivity index (χ1v) is 7.64. The number of fused-ring (bicyclic) bond motifs is 1. The van der Waals surface area contributed by atoms with Gasteiger partial charge in [-0.25, -0.2) is 4.79 Å². The van der Waals surface area contributed by atoms with Gasteiger partial charge in [0.1, 0.15) is 0 Å². The van der Waals surface area contributed by atoms with Crippen LogP contribution in [0.3, 0.4) is 0 Å². The van der Waals surface area contributed by atoms with Crippen molar-refractivity contribution in [1.82, 2.24) is 10.3 Å². The van der Waals surface area contributed by atoms with Crippen LogP contribution in [-0.2, 0) is 0 Å². The van der Waals surface area contributed by atoms with Gasteiger partial charge in [-0.15, -0.1) is 0 Å². The number of nitrogens with one attached hydrogen (secondary N) is 2. The number of oxazole rings is 1. The molecule has 1 fully saturated rings. The van der Waals surface area contributed by atoms with Crippen LogP contribution in [0.25, 0.3) is 11.1 Å². The van der Waals surface area contributed by atoms with Gasteiger partial charge in [-0.1, -0.05) is 32.3 Å². The molecule has 0 spiro atoms. The molecule has 0 saturated heterocycles. The fourth-order valence-corrected chi connectivity index (χ4v) is 3.40. The topological polar surface area (TPSA) is 58.0 Å². The van der Waals surface area contributed by atoms with E-state index in [-0.39, 0.29) is 5.76 Å². The smallest absolute Gasteiger partial charge is 0.408 e. The fraction of sp³-hybridized carbons (Fsp3) is 0.562. The molecule has 1 atom stereocenters. The van der Waals surface area contributed by atoms with Crippen molar-refractivity contribution >= 4 is 11.1 Å². The van der Waals surface area contributed by atoms with Crippen molar-refractivity contribution < 1.29 is 4.42 Å². The number of aromatic amines is 1. The maximum absolute atomic E-state index is 11.3. The summed E-state index contributed by atoms with van der Waals surface area (Å²) in [7, 11) is 0. The van der Waals surface area contributed by atoms with Crippen LogP contribution in [0.1, 0.15) is 50.6 Å². The largest absolute Gasteiger partial charge is 0.417 e. The summed E-state index contributed by atoms with van der Waals surface area (Å²) in [5.41, 5.74) is 2.66. The molecule has 1 unspecified atom stereocenters. The highest BCUT2D eigenvalue weighted by Gasteiger charge is 2.24. The predicted molar refractivity (Wildman–Crippen MR) is 79.8 cm³/mol. The first kappa shape index (κ1) is 13.4. The molecule has 4 heteroatoms. The summed E-state index contributed by atoms with van der Waals surface area (Å²) in [6.07, 6.45) is 6.59. The monoisotopic (exact) mass is 274 g/mol. The minimum atomic E-state index is -0.380. The molecule has 1 aliphatic carbocycles. The first-order chi connectivity index (χ1) is 9.78. The number of rotatable bonds is 4. The standard InChI is InChI=1S/C16H22N2O2/c1-2-17-15(11-6-4-3-5-7-11)12-8-9-13-14(10-12)20-16(19)18-13/h8-11,15,17H,2-7H2,1H3,(H,18,19). The second kappa shape index (κ2) is 5.83. The van der Waals surface area contributed by atoms with E-state index in [1.54, 1.807) is 0 Å². The number of H-pyrrole nitrogens is 1. The van der Waals surface area contributed by atoms with E-state index in [0.29, 0.717) is 17.5 Å². The van der Waals surface area contributed by atoms with Gasteiger partial charge in [-0.05, 0) is 43.0 Å². The van der Waals surface area contributed by atoms with Crippen LogP contribution in [0.5, 0.6) is 0 Å². The van der Waals surface area contributed by atoms with Crippen LogP contribution in [0.4, 0.5) is 0 Å². The second-order valence-corrected chi connectivity index (χ2v) is 5.70. The molecule has 1 aromatic carbocycles. The van der Waals surface area contributed by atoms with Crippen molar-refractivity contribution in [2.75, 3.05) is 6.54 Å². The Balaban J connectivity index is 1.92. The van der Waals surface area contributed by atoms with E-state index in [2.05, 4.69) is 23.3 Å². The van der Waals surface area contributed by atoms with Crippen LogP contribution in [0.2, 0.25) is 0 Å². The van der Waals surface area contributed by atoms with Gasteiger partial charge in [0.2, 0.25) is 0 Å². The first-order valence-electron chi connectivity index (χ1n) is 7.64. The Morgan fingerprint density at radius 2 is 2.15 bits per heavy atom. The molecule has 0 radical (unpaired) electrons. The third-order valence-electron chi connectivity index (χ3n) is 4.35. The van der Waals surface area contributed by atoms with Gasteiger partial charge >= 0.3 is 5.76 Å². The number of hydrogen-bond donors (Lipinski definition) is 2. The Labute approximate surface area is 118 Å². The molecule has 4 nitrogen and oxygen atoms in total. The van der Waals surface area contributed by atoms with Crippen LogP contribution in [0.15, 0.2) is 27.4 Å². The summed E-state index contributed by atoms with van der Waals surface area (Å²) in [6, 6.07) is 6.43. The normalized spacial score (nSPS) is 18.4. The molecule has 1 aliphatic rings. The second-order valence-electron chi connectivity index (χ2n) is 5.70. The zero-order valence-electron chi connectivity index (χ0n) is 11.9. The lowest BCUT2D eigenvalue weighted by Gasteiger charge is -2.31. The Morgan fingerprint density at radius 3 is 2.90 bits per heavy atom. The van der Waals surface area contributed by atoms with E-state index in [9.17, 15) is 4.79 Å². The van der Waals surface area contributed by atoms with Crippen molar-refractivity contribution in [2.45, 2.75) is 45.1 Å². The highest BCUT2D eigenvalue weighted by atomic mass is 16.4. The summed E-state index contributed by atoms with van der Waals surface area (Å²) in [6.45, 7) is 3.10. The molecule has 3 rings (SSSR count). The molecule has 1 heterocycles. The minimum absolute atomic E-state index is 0.366. The lowest BCUT2D eigenvalue weighted by Crippen LogP contribution is -2.29. The van der Waals surface area contributed by atoms with Gasteiger partial charge in [-0.3, -0.25) is 4.98 Å². The molecule has 108 valence electrons. The summed E-state index contributed by atoms with van der Waals surface area (Å²) in [4.78, 5) is 14.0. The van der Waals surface area contributed by atoms with E-state index in [1.165, 1.54) is 37.7 Å². The van der Waals surface area contributed by atoms with E-state index >= 15 is 0 Å². The molecular formula is C16H22N2O2. The fourth-order valence-electron chi connectivity index (χ4n) is 3.40. The molecule has 0 bridgehead atoms. The van der Waals surface area contributed by atoms with E-state index in [0.717, 1.165) is 12.1 Å². The van der Waals surface area contributed by atoms with Crippen molar-refractivity contribution in [1.29, 1.82) is 0 Å². The highest BCUT2D eigenvalue weighted by molar-refractivity contribution is 5.72. The third-order valence-corrected chi connectivity index (χ3v) is 4.35. The van der Waals surface area contributed by atoms with Crippen molar-refractivity contribution in [3.63, 3.8) is 0 Å². The van der Waals surface area contributed by atoms with Gasteiger partial charge in [0, 0.05) is 6.04 Å². The summed E-state index contributed by atoms with van der Waals surface area (Å²) < 4.78 is 5.19. The molecule has 2 N–H and O–H groups in total. The molecule has 1 aromatic heterocycles. The molecular weight excluding hydrogens is 252 g/mol. The number of hydrogen-bond acceptors (Lipinski definition) is 3. The van der Waals surface area contributed by atoms with E-state index in [1.807, 2.05) is 12.1 Å². The third kappa shape index (κ3) is 2.66. The average Bonchev–Trinajstić information content (AvgIpc) is 2.84. The van der Waals surface area contributed by atoms with Crippen molar-refractivity contribution in [3.8, 4) is 0 Å². The van der Waals surface area contributed by atoms with Crippen molar-refractivity contribution in [3.05, 3.63) is 34.3 Å². The van der Waals surface area contributed by atoms with Crippen molar-refractivity contribution in [2.24, 2.45) is 5.92 Å². The zero-order valence-corrected chi connectivity index (χ0v) is 11.9. The molecule has 1 saturated carbocycles. The molecule has 2 aromatic rings. The van der Waals surface area contributed by atoms with Crippen LogP contribution < -0.4 is 11.1 Å². The van der Waals surface area contributed by atoms with E-state index < -0.39 is 0 Å². The Kier molecular flexibility index (Phi) is 3.92.